The number of unbranched alkanes of at least 4 members (excludes halogenated alkanes) is 1. The summed E-state index contributed by atoms with van der Waals surface area (Å²) < 4.78 is 4.96. The standard InChI is InChI=1S/C12H24N2O3/c1-5-6-7-17-11(15)8-13-10(4)12(16)14-9(2)3/h9-10,13H,5-8H2,1-4H3,(H,14,16). The number of hydrogen-bond donors (Lipinski definition) is 2. The number of esters is 1. The Labute approximate surface area is 103 Å². The van der Waals surface area contributed by atoms with Crippen molar-refractivity contribution in [1.82, 2.24) is 10.6 Å². The Kier molecular flexibility index (Phi) is 8.40. The number of carbonyl (C=O) groups excluding carboxylic acids is 2. The molecule has 1 unspecified atom stereocenters. The highest BCUT2D eigenvalue weighted by Gasteiger charge is 2.14. The Hall–Kier alpha value is -1.10. The van der Waals surface area contributed by atoms with E-state index in [1.807, 2.05) is 20.8 Å². The van der Waals surface area contributed by atoms with Crippen LogP contribution in [0, 0.1) is 0 Å². The van der Waals surface area contributed by atoms with Crippen LogP contribution < -0.4 is 10.6 Å². The molecule has 0 heterocycles. The molecule has 0 rings (SSSR count). The molecular weight excluding hydrogens is 220 g/mol. The summed E-state index contributed by atoms with van der Waals surface area (Å²) in [4.78, 5) is 22.8. The van der Waals surface area contributed by atoms with Crippen molar-refractivity contribution in [2.24, 2.45) is 0 Å². The SMILES string of the molecule is CCCCOC(=O)CNC(C)C(=O)NC(C)C. The highest BCUT2D eigenvalue weighted by atomic mass is 16.5. The zero-order valence-corrected chi connectivity index (χ0v) is 11.2. The lowest BCUT2D eigenvalue weighted by molar-refractivity contribution is -0.142. The van der Waals surface area contributed by atoms with Crippen LogP contribution in [0.5, 0.6) is 0 Å². The van der Waals surface area contributed by atoms with E-state index in [0.717, 1.165) is 12.8 Å². The van der Waals surface area contributed by atoms with Crippen molar-refractivity contribution in [2.75, 3.05) is 13.2 Å². The van der Waals surface area contributed by atoms with Crippen molar-refractivity contribution in [3.8, 4) is 0 Å². The molecule has 0 aliphatic heterocycles. The summed E-state index contributed by atoms with van der Waals surface area (Å²) in [5.74, 6) is -0.427. The summed E-state index contributed by atoms with van der Waals surface area (Å²) in [6.45, 7) is 8.05. The van der Waals surface area contributed by atoms with Crippen LogP contribution >= 0.6 is 0 Å². The molecule has 0 radical (unpaired) electrons. The zero-order valence-electron chi connectivity index (χ0n) is 11.2. The van der Waals surface area contributed by atoms with Crippen LogP contribution in [0.2, 0.25) is 0 Å². The lowest BCUT2D eigenvalue weighted by Crippen LogP contribution is -2.46. The molecule has 17 heavy (non-hydrogen) atoms. The van der Waals surface area contributed by atoms with Gasteiger partial charge in [-0.3, -0.25) is 14.9 Å². The number of ether oxygens (including phenoxy) is 1. The highest BCUT2D eigenvalue weighted by Crippen LogP contribution is 1.89. The molecular formula is C12H24N2O3. The van der Waals surface area contributed by atoms with Gasteiger partial charge in [-0.2, -0.15) is 0 Å². The molecule has 0 aliphatic carbocycles. The van der Waals surface area contributed by atoms with Gasteiger partial charge in [0.05, 0.1) is 19.2 Å². The third kappa shape index (κ3) is 8.68. The van der Waals surface area contributed by atoms with Crippen molar-refractivity contribution >= 4 is 11.9 Å². The van der Waals surface area contributed by atoms with Crippen LogP contribution in [-0.4, -0.2) is 37.1 Å². The fourth-order valence-electron chi connectivity index (χ4n) is 1.12. The third-order valence-corrected chi connectivity index (χ3v) is 2.14. The van der Waals surface area contributed by atoms with Gasteiger partial charge in [-0.15, -0.1) is 0 Å². The summed E-state index contributed by atoms with van der Waals surface area (Å²) in [6, 6.07) is -0.292. The maximum atomic E-state index is 11.5. The maximum Gasteiger partial charge on any atom is 0.319 e. The fourth-order valence-corrected chi connectivity index (χ4v) is 1.12. The summed E-state index contributed by atoms with van der Waals surface area (Å²) in [5.41, 5.74) is 0. The molecule has 0 aromatic heterocycles. The van der Waals surface area contributed by atoms with Crippen LogP contribution in [0.25, 0.3) is 0 Å². The molecule has 2 N–H and O–H groups in total. The zero-order chi connectivity index (χ0) is 13.3. The normalized spacial score (nSPS) is 12.3. The van der Waals surface area contributed by atoms with Gasteiger partial charge in [0.2, 0.25) is 5.91 Å². The number of hydrogen-bond acceptors (Lipinski definition) is 4. The molecule has 1 atom stereocenters. The molecule has 5 heteroatoms. The molecule has 0 fully saturated rings. The first-order valence-corrected chi connectivity index (χ1v) is 6.16. The van der Waals surface area contributed by atoms with Gasteiger partial charge in [-0.25, -0.2) is 0 Å². The van der Waals surface area contributed by atoms with E-state index >= 15 is 0 Å². The third-order valence-electron chi connectivity index (χ3n) is 2.14. The number of rotatable bonds is 8. The van der Waals surface area contributed by atoms with E-state index in [-0.39, 0.29) is 24.5 Å². The second-order valence-electron chi connectivity index (χ2n) is 4.34. The smallest absolute Gasteiger partial charge is 0.319 e. The van der Waals surface area contributed by atoms with E-state index in [4.69, 9.17) is 4.74 Å². The summed E-state index contributed by atoms with van der Waals surface area (Å²) in [6.07, 6.45) is 1.86. The van der Waals surface area contributed by atoms with Crippen molar-refractivity contribution in [3.63, 3.8) is 0 Å². The molecule has 0 aliphatic rings. The van der Waals surface area contributed by atoms with Gasteiger partial charge < -0.3 is 10.1 Å². The average Bonchev–Trinajstić information content (AvgIpc) is 2.25. The van der Waals surface area contributed by atoms with Gasteiger partial charge in [0.25, 0.3) is 0 Å². The van der Waals surface area contributed by atoms with Crippen LogP contribution in [0.15, 0.2) is 0 Å². The van der Waals surface area contributed by atoms with E-state index in [1.54, 1.807) is 6.92 Å². The minimum absolute atomic E-state index is 0.0659. The Balaban J connectivity index is 3.71. The minimum atomic E-state index is -0.392. The molecule has 0 saturated carbocycles. The molecule has 0 saturated heterocycles. The number of amides is 1. The molecule has 5 nitrogen and oxygen atoms in total. The Morgan fingerprint density at radius 2 is 1.88 bits per heavy atom. The van der Waals surface area contributed by atoms with Crippen LogP contribution in [-0.2, 0) is 14.3 Å². The topological polar surface area (TPSA) is 67.4 Å². The predicted octanol–water partition coefficient (Wildman–Crippen LogP) is 0.832. The number of carbonyl (C=O) groups is 2. The Bertz CT molecular complexity index is 242. The van der Waals surface area contributed by atoms with Gasteiger partial charge in [0.1, 0.15) is 0 Å². The predicted molar refractivity (Wildman–Crippen MR) is 66.6 cm³/mol. The van der Waals surface area contributed by atoms with Gasteiger partial charge >= 0.3 is 5.97 Å². The average molecular weight is 244 g/mol. The monoisotopic (exact) mass is 244 g/mol. The van der Waals surface area contributed by atoms with Gasteiger partial charge in [0.15, 0.2) is 0 Å². The number of nitrogens with one attached hydrogen (secondary N) is 2. The lowest BCUT2D eigenvalue weighted by Gasteiger charge is -2.15. The van der Waals surface area contributed by atoms with Crippen LogP contribution in [0.3, 0.4) is 0 Å². The summed E-state index contributed by atoms with van der Waals surface area (Å²) in [7, 11) is 0. The largest absolute Gasteiger partial charge is 0.465 e. The van der Waals surface area contributed by atoms with Gasteiger partial charge in [0, 0.05) is 6.04 Å². The van der Waals surface area contributed by atoms with Crippen molar-refractivity contribution < 1.29 is 14.3 Å². The first kappa shape index (κ1) is 15.9. The molecule has 0 spiro atoms. The first-order valence-electron chi connectivity index (χ1n) is 6.16. The minimum Gasteiger partial charge on any atom is -0.465 e. The van der Waals surface area contributed by atoms with E-state index in [2.05, 4.69) is 10.6 Å². The van der Waals surface area contributed by atoms with E-state index < -0.39 is 6.04 Å². The second kappa shape index (κ2) is 8.98. The highest BCUT2D eigenvalue weighted by molar-refractivity contribution is 5.82. The van der Waals surface area contributed by atoms with Crippen molar-refractivity contribution in [2.45, 2.75) is 52.6 Å². The van der Waals surface area contributed by atoms with Crippen molar-refractivity contribution in [3.05, 3.63) is 0 Å². The van der Waals surface area contributed by atoms with E-state index in [1.165, 1.54) is 0 Å². The van der Waals surface area contributed by atoms with Gasteiger partial charge in [-0.05, 0) is 27.2 Å². The van der Waals surface area contributed by atoms with E-state index in [0.29, 0.717) is 6.61 Å². The second-order valence-corrected chi connectivity index (χ2v) is 4.34. The molecule has 0 aromatic carbocycles. The van der Waals surface area contributed by atoms with Crippen LogP contribution in [0.4, 0.5) is 0 Å². The Morgan fingerprint density at radius 3 is 2.41 bits per heavy atom. The first-order chi connectivity index (χ1) is 7.97. The molecule has 0 aromatic rings. The van der Waals surface area contributed by atoms with Crippen molar-refractivity contribution in [1.29, 1.82) is 0 Å². The molecule has 100 valence electrons. The quantitative estimate of drug-likeness (QED) is 0.490. The lowest BCUT2D eigenvalue weighted by atomic mass is 10.3. The van der Waals surface area contributed by atoms with Gasteiger partial charge in [-0.1, -0.05) is 13.3 Å². The van der Waals surface area contributed by atoms with Crippen LogP contribution in [0.1, 0.15) is 40.5 Å². The fraction of sp³-hybridized carbons (Fsp3) is 0.833. The summed E-state index contributed by atoms with van der Waals surface area (Å²) >= 11 is 0. The molecule has 0 bridgehead atoms. The molecule has 1 amide bonds. The summed E-state index contributed by atoms with van der Waals surface area (Å²) in [5, 5.41) is 5.59. The van der Waals surface area contributed by atoms with E-state index in [9.17, 15) is 9.59 Å². The maximum absolute atomic E-state index is 11.5. The Morgan fingerprint density at radius 1 is 1.24 bits per heavy atom.